The van der Waals surface area contributed by atoms with Gasteiger partial charge in [0.1, 0.15) is 6.04 Å². The topological polar surface area (TPSA) is 69.6 Å². The van der Waals surface area contributed by atoms with Gasteiger partial charge in [0, 0.05) is 12.6 Å². The zero-order valence-electron chi connectivity index (χ0n) is 11.6. The number of nitrogens with zero attached hydrogens (tertiary/aromatic N) is 1. The molecule has 2 rings (SSSR count). The van der Waals surface area contributed by atoms with Crippen LogP contribution in [0.3, 0.4) is 0 Å². The number of urea groups is 1. The molecule has 2 amide bonds. The Bertz CT molecular complexity index is 338. The van der Waals surface area contributed by atoms with Gasteiger partial charge in [-0.1, -0.05) is 13.3 Å². The molecule has 0 aromatic carbocycles. The summed E-state index contributed by atoms with van der Waals surface area (Å²) in [5.74, 6) is -0.0888. The Balaban J connectivity index is 1.82. The van der Waals surface area contributed by atoms with E-state index in [9.17, 15) is 9.59 Å². The summed E-state index contributed by atoms with van der Waals surface area (Å²) < 4.78 is 0. The molecular weight excluding hydrogens is 244 g/mol. The number of carbonyl (C=O) groups excluding carboxylic acids is 1. The van der Waals surface area contributed by atoms with Gasteiger partial charge in [0.2, 0.25) is 0 Å². The molecule has 0 aromatic rings. The first-order valence-electron chi connectivity index (χ1n) is 7.41. The molecule has 0 spiro atoms. The molecule has 2 aliphatic rings. The summed E-state index contributed by atoms with van der Waals surface area (Å²) in [6, 6.07) is -0.595. The van der Waals surface area contributed by atoms with E-state index in [1.165, 1.54) is 24.2 Å². The number of aliphatic carboxylic acids is 1. The van der Waals surface area contributed by atoms with Gasteiger partial charge in [-0.2, -0.15) is 0 Å². The minimum atomic E-state index is -0.887. The normalized spacial score (nSPS) is 31.2. The molecule has 1 aliphatic carbocycles. The van der Waals surface area contributed by atoms with E-state index in [1.807, 2.05) is 0 Å². The van der Waals surface area contributed by atoms with Crippen molar-refractivity contribution in [1.82, 2.24) is 10.2 Å². The molecule has 2 fully saturated rings. The number of likely N-dealkylation sites (tertiary alicyclic amines) is 1. The standard InChI is InChI=1S/C14H24N2O3/c1-2-10-5-7-11(8-6-10)15-14(19)16-9-3-4-12(16)13(17)18/h10-12H,2-9H2,1H3,(H,15,19)(H,17,18)/t10?,11?,12-/m1/s1. The van der Waals surface area contributed by atoms with Crippen molar-refractivity contribution in [2.75, 3.05) is 6.54 Å². The Kier molecular flexibility index (Phi) is 4.66. The molecule has 1 aliphatic heterocycles. The maximum absolute atomic E-state index is 12.1. The maximum atomic E-state index is 12.1. The van der Waals surface area contributed by atoms with Crippen LogP contribution < -0.4 is 5.32 Å². The van der Waals surface area contributed by atoms with Gasteiger partial charge in [0.25, 0.3) is 0 Å². The summed E-state index contributed by atoms with van der Waals surface area (Å²) in [5, 5.41) is 12.1. The second-order valence-electron chi connectivity index (χ2n) is 5.77. The van der Waals surface area contributed by atoms with Crippen molar-refractivity contribution >= 4 is 12.0 Å². The second-order valence-corrected chi connectivity index (χ2v) is 5.77. The van der Waals surface area contributed by atoms with Crippen molar-refractivity contribution < 1.29 is 14.7 Å². The van der Waals surface area contributed by atoms with Crippen LogP contribution in [-0.2, 0) is 4.79 Å². The molecule has 1 heterocycles. The molecule has 0 unspecified atom stereocenters. The van der Waals surface area contributed by atoms with Crippen LogP contribution in [0.2, 0.25) is 0 Å². The monoisotopic (exact) mass is 268 g/mol. The zero-order chi connectivity index (χ0) is 13.8. The molecule has 0 radical (unpaired) electrons. The van der Waals surface area contributed by atoms with Crippen molar-refractivity contribution in [3.8, 4) is 0 Å². The molecule has 1 saturated heterocycles. The largest absolute Gasteiger partial charge is 0.480 e. The van der Waals surface area contributed by atoms with Gasteiger partial charge in [-0.15, -0.1) is 0 Å². The minimum Gasteiger partial charge on any atom is -0.480 e. The fourth-order valence-corrected chi connectivity index (χ4v) is 3.24. The summed E-state index contributed by atoms with van der Waals surface area (Å²) in [4.78, 5) is 24.7. The van der Waals surface area contributed by atoms with Crippen LogP contribution >= 0.6 is 0 Å². The lowest BCUT2D eigenvalue weighted by molar-refractivity contribution is -0.141. The van der Waals surface area contributed by atoms with Gasteiger partial charge >= 0.3 is 12.0 Å². The average Bonchev–Trinajstić information content (AvgIpc) is 2.89. The third-order valence-corrected chi connectivity index (χ3v) is 4.55. The quantitative estimate of drug-likeness (QED) is 0.824. The molecule has 19 heavy (non-hydrogen) atoms. The predicted molar refractivity (Wildman–Crippen MR) is 71.9 cm³/mol. The fraction of sp³-hybridized carbons (Fsp3) is 0.857. The lowest BCUT2D eigenvalue weighted by atomic mass is 9.84. The second kappa shape index (κ2) is 6.26. The van der Waals surface area contributed by atoms with Crippen LogP contribution in [0.5, 0.6) is 0 Å². The molecule has 2 N–H and O–H groups in total. The van der Waals surface area contributed by atoms with E-state index >= 15 is 0 Å². The lowest BCUT2D eigenvalue weighted by Gasteiger charge is -2.31. The number of nitrogens with one attached hydrogen (secondary N) is 1. The molecule has 1 atom stereocenters. The average molecular weight is 268 g/mol. The van der Waals surface area contributed by atoms with E-state index in [0.717, 1.165) is 25.2 Å². The predicted octanol–water partition coefficient (Wildman–Crippen LogP) is 2.21. The molecule has 108 valence electrons. The highest BCUT2D eigenvalue weighted by molar-refractivity contribution is 5.83. The van der Waals surface area contributed by atoms with E-state index in [1.54, 1.807) is 0 Å². The van der Waals surface area contributed by atoms with Gasteiger partial charge < -0.3 is 15.3 Å². The smallest absolute Gasteiger partial charge is 0.326 e. The Morgan fingerprint density at radius 2 is 1.89 bits per heavy atom. The van der Waals surface area contributed by atoms with Crippen molar-refractivity contribution in [1.29, 1.82) is 0 Å². The van der Waals surface area contributed by atoms with Crippen molar-refractivity contribution in [3.05, 3.63) is 0 Å². The van der Waals surface area contributed by atoms with E-state index in [0.29, 0.717) is 13.0 Å². The van der Waals surface area contributed by atoms with Crippen molar-refractivity contribution in [2.45, 2.75) is 64.0 Å². The molecule has 0 bridgehead atoms. The SMILES string of the molecule is CCC1CCC(NC(=O)N2CCC[C@@H]2C(=O)O)CC1. The van der Waals surface area contributed by atoms with Gasteiger partial charge in [0.15, 0.2) is 0 Å². The molecule has 5 nitrogen and oxygen atoms in total. The van der Waals surface area contributed by atoms with Crippen molar-refractivity contribution in [3.63, 3.8) is 0 Å². The van der Waals surface area contributed by atoms with Crippen LogP contribution in [0, 0.1) is 5.92 Å². The molecule has 0 aromatic heterocycles. The van der Waals surface area contributed by atoms with Crippen molar-refractivity contribution in [2.24, 2.45) is 5.92 Å². The Morgan fingerprint density at radius 3 is 2.47 bits per heavy atom. The third kappa shape index (κ3) is 3.39. The zero-order valence-corrected chi connectivity index (χ0v) is 11.6. The number of hydrogen-bond donors (Lipinski definition) is 2. The van der Waals surface area contributed by atoms with Crippen LogP contribution in [0.15, 0.2) is 0 Å². The Labute approximate surface area is 114 Å². The summed E-state index contributed by atoms with van der Waals surface area (Å²) >= 11 is 0. The first kappa shape index (κ1) is 14.2. The van der Waals surface area contributed by atoms with Gasteiger partial charge in [-0.25, -0.2) is 9.59 Å². The van der Waals surface area contributed by atoms with Crippen LogP contribution in [0.1, 0.15) is 51.9 Å². The molecular formula is C14H24N2O3. The highest BCUT2D eigenvalue weighted by atomic mass is 16.4. The maximum Gasteiger partial charge on any atom is 0.326 e. The fourth-order valence-electron chi connectivity index (χ4n) is 3.24. The number of hydrogen-bond acceptors (Lipinski definition) is 2. The number of amides is 2. The highest BCUT2D eigenvalue weighted by Crippen LogP contribution is 2.27. The number of carbonyl (C=O) groups is 2. The summed E-state index contributed by atoms with van der Waals surface area (Å²) in [5.41, 5.74) is 0. The first-order chi connectivity index (χ1) is 9.11. The number of carboxylic acids is 1. The number of carboxylic acid groups (broad SMARTS) is 1. The van der Waals surface area contributed by atoms with E-state index in [2.05, 4.69) is 12.2 Å². The minimum absolute atomic E-state index is 0.190. The van der Waals surface area contributed by atoms with E-state index in [-0.39, 0.29) is 12.1 Å². The lowest BCUT2D eigenvalue weighted by Crippen LogP contribution is -2.49. The van der Waals surface area contributed by atoms with E-state index in [4.69, 9.17) is 5.11 Å². The van der Waals surface area contributed by atoms with Crippen LogP contribution in [-0.4, -0.2) is 40.6 Å². The summed E-state index contributed by atoms with van der Waals surface area (Å²) in [7, 11) is 0. The van der Waals surface area contributed by atoms with Gasteiger partial charge in [0.05, 0.1) is 0 Å². The highest BCUT2D eigenvalue weighted by Gasteiger charge is 2.35. The Morgan fingerprint density at radius 1 is 1.21 bits per heavy atom. The van der Waals surface area contributed by atoms with Crippen LogP contribution in [0.4, 0.5) is 4.79 Å². The molecule has 1 saturated carbocycles. The van der Waals surface area contributed by atoms with E-state index < -0.39 is 12.0 Å². The third-order valence-electron chi connectivity index (χ3n) is 4.55. The van der Waals surface area contributed by atoms with Crippen LogP contribution in [0.25, 0.3) is 0 Å². The number of rotatable bonds is 3. The van der Waals surface area contributed by atoms with Gasteiger partial charge in [-0.3, -0.25) is 0 Å². The Hall–Kier alpha value is -1.26. The molecule has 5 heteroatoms. The van der Waals surface area contributed by atoms with Gasteiger partial charge in [-0.05, 0) is 44.4 Å². The first-order valence-corrected chi connectivity index (χ1v) is 7.41. The summed E-state index contributed by atoms with van der Waals surface area (Å²) in [6.07, 6.45) is 6.96. The summed E-state index contributed by atoms with van der Waals surface area (Å²) in [6.45, 7) is 2.78.